The van der Waals surface area contributed by atoms with Gasteiger partial charge in [0.15, 0.2) is 0 Å². The van der Waals surface area contributed by atoms with Crippen LogP contribution in [0.15, 0.2) is 0 Å². The van der Waals surface area contributed by atoms with Gasteiger partial charge in [-0.25, -0.2) is 0 Å². The molecule has 1 fully saturated rings. The SMILES string of the molecule is CC(C)(C)C(=O)NCC1(O)CCOC1. The standard InChI is InChI=1S/C10H19NO3/c1-9(2,3)8(12)11-6-10(13)4-5-14-7-10/h13H,4-7H2,1-3H3,(H,11,12). The molecule has 0 bridgehead atoms. The number of nitrogens with one attached hydrogen (secondary N) is 1. The molecule has 2 N–H and O–H groups in total. The first kappa shape index (κ1) is 11.5. The number of carbonyl (C=O) groups excluding carboxylic acids is 1. The monoisotopic (exact) mass is 201 g/mol. The minimum atomic E-state index is -0.860. The number of hydrogen-bond acceptors (Lipinski definition) is 3. The van der Waals surface area contributed by atoms with Gasteiger partial charge in [-0.3, -0.25) is 4.79 Å². The van der Waals surface area contributed by atoms with Gasteiger partial charge in [-0.1, -0.05) is 20.8 Å². The fourth-order valence-electron chi connectivity index (χ4n) is 1.25. The van der Waals surface area contributed by atoms with Gasteiger partial charge in [0, 0.05) is 25.0 Å². The van der Waals surface area contributed by atoms with E-state index in [-0.39, 0.29) is 12.5 Å². The number of ether oxygens (including phenoxy) is 1. The van der Waals surface area contributed by atoms with E-state index in [0.717, 1.165) is 0 Å². The molecule has 0 aliphatic carbocycles. The summed E-state index contributed by atoms with van der Waals surface area (Å²) in [6.07, 6.45) is 0.595. The van der Waals surface area contributed by atoms with Crippen LogP contribution < -0.4 is 5.32 Å². The zero-order valence-electron chi connectivity index (χ0n) is 9.09. The summed E-state index contributed by atoms with van der Waals surface area (Å²) >= 11 is 0. The summed E-state index contributed by atoms with van der Waals surface area (Å²) in [5.41, 5.74) is -1.27. The topological polar surface area (TPSA) is 58.6 Å². The normalized spacial score (nSPS) is 27.7. The second-order valence-corrected chi connectivity index (χ2v) is 4.96. The van der Waals surface area contributed by atoms with Crippen molar-refractivity contribution in [3.8, 4) is 0 Å². The highest BCUT2D eigenvalue weighted by molar-refractivity contribution is 5.81. The van der Waals surface area contributed by atoms with E-state index >= 15 is 0 Å². The Labute approximate surface area is 84.6 Å². The van der Waals surface area contributed by atoms with Gasteiger partial charge in [-0.15, -0.1) is 0 Å². The predicted octanol–water partition coefficient (Wildman–Crippen LogP) is 0.300. The quantitative estimate of drug-likeness (QED) is 0.675. The van der Waals surface area contributed by atoms with Gasteiger partial charge in [0.1, 0.15) is 5.60 Å². The number of amides is 1. The summed E-state index contributed by atoms with van der Waals surface area (Å²) in [6.45, 7) is 6.70. The highest BCUT2D eigenvalue weighted by Crippen LogP contribution is 2.18. The Morgan fingerprint density at radius 2 is 2.21 bits per heavy atom. The molecule has 1 saturated heterocycles. The van der Waals surface area contributed by atoms with Crippen LogP contribution in [0.5, 0.6) is 0 Å². The highest BCUT2D eigenvalue weighted by Gasteiger charge is 2.33. The van der Waals surface area contributed by atoms with Crippen LogP contribution in [0.1, 0.15) is 27.2 Å². The van der Waals surface area contributed by atoms with Gasteiger partial charge < -0.3 is 15.2 Å². The van der Waals surface area contributed by atoms with E-state index in [1.807, 2.05) is 20.8 Å². The summed E-state index contributed by atoms with van der Waals surface area (Å²) in [4.78, 5) is 11.5. The molecule has 1 unspecified atom stereocenters. The van der Waals surface area contributed by atoms with Crippen molar-refractivity contribution in [1.82, 2.24) is 5.32 Å². The summed E-state index contributed by atoms with van der Waals surface area (Å²) in [5, 5.41) is 12.6. The van der Waals surface area contributed by atoms with Crippen LogP contribution in [-0.2, 0) is 9.53 Å². The van der Waals surface area contributed by atoms with Crippen LogP contribution in [0.2, 0.25) is 0 Å². The van der Waals surface area contributed by atoms with Crippen molar-refractivity contribution < 1.29 is 14.6 Å². The zero-order valence-corrected chi connectivity index (χ0v) is 9.09. The lowest BCUT2D eigenvalue weighted by Crippen LogP contribution is -2.46. The van der Waals surface area contributed by atoms with Gasteiger partial charge in [0.05, 0.1) is 6.61 Å². The molecule has 82 valence electrons. The lowest BCUT2D eigenvalue weighted by atomic mass is 9.95. The molecule has 0 spiro atoms. The molecule has 1 aliphatic heterocycles. The lowest BCUT2D eigenvalue weighted by Gasteiger charge is -2.24. The minimum absolute atomic E-state index is 0.0437. The average Bonchev–Trinajstić information content (AvgIpc) is 2.47. The van der Waals surface area contributed by atoms with E-state index in [9.17, 15) is 9.90 Å². The minimum Gasteiger partial charge on any atom is -0.386 e. The lowest BCUT2D eigenvalue weighted by molar-refractivity contribution is -0.129. The smallest absolute Gasteiger partial charge is 0.225 e. The molecule has 0 aromatic carbocycles. The number of carbonyl (C=O) groups is 1. The third kappa shape index (κ3) is 2.96. The molecular weight excluding hydrogens is 182 g/mol. The average molecular weight is 201 g/mol. The highest BCUT2D eigenvalue weighted by atomic mass is 16.5. The Bertz CT molecular complexity index is 214. The maximum atomic E-state index is 11.5. The van der Waals surface area contributed by atoms with E-state index in [2.05, 4.69) is 5.32 Å². The fourth-order valence-corrected chi connectivity index (χ4v) is 1.25. The summed E-state index contributed by atoms with van der Waals surface area (Å²) in [6, 6.07) is 0. The van der Waals surface area contributed by atoms with Crippen LogP contribution in [-0.4, -0.2) is 36.4 Å². The van der Waals surface area contributed by atoms with Crippen LogP contribution in [0.3, 0.4) is 0 Å². The van der Waals surface area contributed by atoms with Crippen LogP contribution in [0, 0.1) is 5.41 Å². The van der Waals surface area contributed by atoms with Crippen molar-refractivity contribution >= 4 is 5.91 Å². The summed E-state index contributed by atoms with van der Waals surface area (Å²) in [5.74, 6) is -0.0437. The molecule has 0 radical (unpaired) electrons. The number of aliphatic hydroxyl groups is 1. The van der Waals surface area contributed by atoms with E-state index < -0.39 is 11.0 Å². The van der Waals surface area contributed by atoms with Crippen LogP contribution >= 0.6 is 0 Å². The van der Waals surface area contributed by atoms with Crippen molar-refractivity contribution in [2.24, 2.45) is 5.41 Å². The van der Waals surface area contributed by atoms with Crippen molar-refractivity contribution in [2.75, 3.05) is 19.8 Å². The summed E-state index contributed by atoms with van der Waals surface area (Å²) < 4.78 is 5.08. The van der Waals surface area contributed by atoms with Crippen molar-refractivity contribution in [3.63, 3.8) is 0 Å². The molecule has 4 nitrogen and oxygen atoms in total. The third-order valence-corrected chi connectivity index (χ3v) is 2.34. The predicted molar refractivity (Wildman–Crippen MR) is 52.9 cm³/mol. The van der Waals surface area contributed by atoms with Crippen LogP contribution in [0.4, 0.5) is 0 Å². The molecule has 1 atom stereocenters. The van der Waals surface area contributed by atoms with Crippen LogP contribution in [0.25, 0.3) is 0 Å². The Morgan fingerprint density at radius 1 is 1.57 bits per heavy atom. The molecule has 1 amide bonds. The van der Waals surface area contributed by atoms with Gasteiger partial charge in [0.25, 0.3) is 0 Å². The maximum absolute atomic E-state index is 11.5. The first-order valence-corrected chi connectivity index (χ1v) is 4.92. The first-order chi connectivity index (χ1) is 6.33. The maximum Gasteiger partial charge on any atom is 0.225 e. The number of hydrogen-bond donors (Lipinski definition) is 2. The number of rotatable bonds is 2. The van der Waals surface area contributed by atoms with Gasteiger partial charge in [-0.2, -0.15) is 0 Å². The second-order valence-electron chi connectivity index (χ2n) is 4.96. The Kier molecular flexibility index (Phi) is 3.17. The first-order valence-electron chi connectivity index (χ1n) is 4.92. The van der Waals surface area contributed by atoms with Crippen molar-refractivity contribution in [3.05, 3.63) is 0 Å². The molecule has 14 heavy (non-hydrogen) atoms. The van der Waals surface area contributed by atoms with E-state index in [0.29, 0.717) is 19.6 Å². The largest absolute Gasteiger partial charge is 0.386 e. The van der Waals surface area contributed by atoms with E-state index in [4.69, 9.17) is 4.74 Å². The third-order valence-electron chi connectivity index (χ3n) is 2.34. The van der Waals surface area contributed by atoms with Crippen molar-refractivity contribution in [1.29, 1.82) is 0 Å². The molecule has 0 aromatic rings. The second kappa shape index (κ2) is 3.87. The molecule has 1 heterocycles. The summed E-state index contributed by atoms with van der Waals surface area (Å²) in [7, 11) is 0. The van der Waals surface area contributed by atoms with Gasteiger partial charge >= 0.3 is 0 Å². The van der Waals surface area contributed by atoms with Gasteiger partial charge in [-0.05, 0) is 0 Å². The Hall–Kier alpha value is -0.610. The Balaban J connectivity index is 2.37. The van der Waals surface area contributed by atoms with Crippen molar-refractivity contribution in [2.45, 2.75) is 32.8 Å². The molecule has 0 saturated carbocycles. The molecule has 1 rings (SSSR count). The van der Waals surface area contributed by atoms with E-state index in [1.165, 1.54) is 0 Å². The molecular formula is C10H19NO3. The molecule has 0 aromatic heterocycles. The zero-order chi connectivity index (χ0) is 10.8. The Morgan fingerprint density at radius 3 is 2.64 bits per heavy atom. The molecule has 4 heteroatoms. The fraction of sp³-hybridized carbons (Fsp3) is 0.900. The van der Waals surface area contributed by atoms with Gasteiger partial charge in [0.2, 0.25) is 5.91 Å². The van der Waals surface area contributed by atoms with E-state index in [1.54, 1.807) is 0 Å². The molecule has 1 aliphatic rings.